The molecule has 0 fully saturated rings. The third kappa shape index (κ3) is 5.44. The van der Waals surface area contributed by atoms with Gasteiger partial charge in [-0.3, -0.25) is 4.79 Å². The van der Waals surface area contributed by atoms with Crippen molar-refractivity contribution >= 4 is 24.0 Å². The molecule has 4 nitrogen and oxygen atoms in total. The van der Waals surface area contributed by atoms with E-state index in [4.69, 9.17) is 10.5 Å². The molecule has 1 rings (SSSR count). The van der Waals surface area contributed by atoms with Gasteiger partial charge in [0.25, 0.3) is 0 Å². The van der Waals surface area contributed by atoms with Crippen molar-refractivity contribution in [3.05, 3.63) is 24.0 Å². The molecule has 0 radical (unpaired) electrons. The van der Waals surface area contributed by atoms with Crippen molar-refractivity contribution in [1.29, 1.82) is 0 Å². The summed E-state index contributed by atoms with van der Waals surface area (Å²) < 4.78 is 19.1. The Kier molecular flexibility index (Phi) is 7.41. The van der Waals surface area contributed by atoms with E-state index in [9.17, 15) is 9.18 Å². The van der Waals surface area contributed by atoms with Gasteiger partial charge in [0, 0.05) is 18.5 Å². The van der Waals surface area contributed by atoms with Crippen LogP contribution in [0.2, 0.25) is 0 Å². The highest BCUT2D eigenvalue weighted by atomic mass is 35.5. The Morgan fingerprint density at radius 3 is 2.53 bits per heavy atom. The Hall–Kier alpha value is -1.33. The summed E-state index contributed by atoms with van der Waals surface area (Å²) in [5, 5.41) is 2.49. The second-order valence-corrected chi connectivity index (χ2v) is 4.43. The third-order valence-electron chi connectivity index (χ3n) is 2.37. The topological polar surface area (TPSA) is 64.3 Å². The quantitative estimate of drug-likeness (QED) is 0.876. The maximum Gasteiger partial charge on any atom is 0.228 e. The number of hydrogen-bond acceptors (Lipinski definition) is 3. The molecule has 0 heterocycles. The van der Waals surface area contributed by atoms with Crippen LogP contribution in [0.3, 0.4) is 0 Å². The first-order chi connectivity index (χ1) is 8.43. The van der Waals surface area contributed by atoms with Crippen LogP contribution in [-0.4, -0.2) is 18.6 Å². The largest absolute Gasteiger partial charge is 0.491 e. The van der Waals surface area contributed by atoms with Crippen LogP contribution in [0, 0.1) is 11.7 Å². The fraction of sp³-hybridized carbons (Fsp3) is 0.462. The normalized spacial score (nSPS) is 11.7. The summed E-state index contributed by atoms with van der Waals surface area (Å²) in [6.45, 7) is 5.62. The summed E-state index contributed by atoms with van der Waals surface area (Å²) in [6, 6.07) is 4.35. The molecule has 0 aliphatic heterocycles. The first kappa shape index (κ1) is 17.7. The average Bonchev–Trinajstić information content (AvgIpc) is 2.30. The highest BCUT2D eigenvalue weighted by Gasteiger charge is 2.13. The zero-order valence-corrected chi connectivity index (χ0v) is 12.1. The van der Waals surface area contributed by atoms with Crippen molar-refractivity contribution < 1.29 is 13.9 Å². The minimum atomic E-state index is -0.522. The molecule has 108 valence electrons. The van der Waals surface area contributed by atoms with Gasteiger partial charge in [-0.05, 0) is 26.0 Å². The highest BCUT2D eigenvalue weighted by molar-refractivity contribution is 5.92. The van der Waals surface area contributed by atoms with Crippen LogP contribution < -0.4 is 15.8 Å². The highest BCUT2D eigenvalue weighted by Crippen LogP contribution is 2.21. The van der Waals surface area contributed by atoms with E-state index in [0.29, 0.717) is 5.75 Å². The molecule has 0 aliphatic rings. The molecule has 19 heavy (non-hydrogen) atoms. The molecular formula is C13H20ClFN2O2. The van der Waals surface area contributed by atoms with E-state index < -0.39 is 5.82 Å². The van der Waals surface area contributed by atoms with Crippen LogP contribution in [0.4, 0.5) is 10.1 Å². The fourth-order valence-corrected chi connectivity index (χ4v) is 1.31. The van der Waals surface area contributed by atoms with E-state index >= 15 is 0 Å². The van der Waals surface area contributed by atoms with Crippen LogP contribution in [0.25, 0.3) is 0 Å². The summed E-state index contributed by atoms with van der Waals surface area (Å²) in [5.74, 6) is -0.733. The van der Waals surface area contributed by atoms with E-state index in [1.165, 1.54) is 12.1 Å². The number of ether oxygens (including phenoxy) is 1. The number of rotatable bonds is 5. The predicted molar refractivity (Wildman–Crippen MR) is 76.3 cm³/mol. The van der Waals surface area contributed by atoms with Crippen LogP contribution in [0.1, 0.15) is 20.8 Å². The number of benzene rings is 1. The monoisotopic (exact) mass is 290 g/mol. The second-order valence-electron chi connectivity index (χ2n) is 4.43. The van der Waals surface area contributed by atoms with E-state index in [1.807, 2.05) is 13.8 Å². The molecule has 3 N–H and O–H groups in total. The van der Waals surface area contributed by atoms with Gasteiger partial charge in [-0.25, -0.2) is 4.39 Å². The SMILES string of the molecule is CC(C)Oc1ccc(NC(=O)C(C)CN)c(F)c1.Cl. The van der Waals surface area contributed by atoms with Gasteiger partial charge in [0.15, 0.2) is 0 Å². The Balaban J connectivity index is 0.00000324. The van der Waals surface area contributed by atoms with Crippen LogP contribution in [-0.2, 0) is 4.79 Å². The number of nitrogens with one attached hydrogen (secondary N) is 1. The van der Waals surface area contributed by atoms with Gasteiger partial charge in [-0.15, -0.1) is 12.4 Å². The van der Waals surface area contributed by atoms with Gasteiger partial charge in [0.05, 0.1) is 11.8 Å². The zero-order valence-electron chi connectivity index (χ0n) is 11.3. The molecule has 6 heteroatoms. The number of amides is 1. The van der Waals surface area contributed by atoms with Crippen molar-refractivity contribution in [3.63, 3.8) is 0 Å². The van der Waals surface area contributed by atoms with E-state index in [1.54, 1.807) is 13.0 Å². The lowest BCUT2D eigenvalue weighted by Gasteiger charge is -2.13. The van der Waals surface area contributed by atoms with Crippen molar-refractivity contribution in [3.8, 4) is 5.75 Å². The maximum atomic E-state index is 13.7. The first-order valence-electron chi connectivity index (χ1n) is 5.91. The third-order valence-corrected chi connectivity index (χ3v) is 2.37. The number of hydrogen-bond donors (Lipinski definition) is 2. The molecule has 0 bridgehead atoms. The molecule has 1 unspecified atom stereocenters. The lowest BCUT2D eigenvalue weighted by atomic mass is 10.1. The smallest absolute Gasteiger partial charge is 0.228 e. The van der Waals surface area contributed by atoms with Crippen molar-refractivity contribution in [2.75, 3.05) is 11.9 Å². The van der Waals surface area contributed by atoms with E-state index in [0.717, 1.165) is 0 Å². The summed E-state index contributed by atoms with van der Waals surface area (Å²) in [4.78, 5) is 11.6. The lowest BCUT2D eigenvalue weighted by Crippen LogP contribution is -2.27. The Morgan fingerprint density at radius 2 is 2.05 bits per heavy atom. The molecule has 1 aromatic carbocycles. The van der Waals surface area contributed by atoms with E-state index in [-0.39, 0.29) is 42.6 Å². The summed E-state index contributed by atoms with van der Waals surface area (Å²) in [5.41, 5.74) is 5.50. The Labute approximate surface area is 118 Å². The molecule has 0 spiro atoms. The zero-order chi connectivity index (χ0) is 13.7. The van der Waals surface area contributed by atoms with Crippen LogP contribution in [0.15, 0.2) is 18.2 Å². The number of halogens is 2. The van der Waals surface area contributed by atoms with Gasteiger partial charge in [-0.1, -0.05) is 6.92 Å². The molecule has 1 amide bonds. The van der Waals surface area contributed by atoms with Crippen LogP contribution >= 0.6 is 12.4 Å². The van der Waals surface area contributed by atoms with Gasteiger partial charge >= 0.3 is 0 Å². The number of carbonyl (C=O) groups excluding carboxylic acids is 1. The maximum absolute atomic E-state index is 13.7. The van der Waals surface area contributed by atoms with Crippen molar-refractivity contribution in [2.45, 2.75) is 26.9 Å². The molecule has 1 atom stereocenters. The van der Waals surface area contributed by atoms with E-state index in [2.05, 4.69) is 5.32 Å². The van der Waals surface area contributed by atoms with Crippen molar-refractivity contribution in [2.24, 2.45) is 11.7 Å². The number of anilines is 1. The Morgan fingerprint density at radius 1 is 1.42 bits per heavy atom. The number of carbonyl (C=O) groups is 1. The summed E-state index contributed by atoms with van der Waals surface area (Å²) >= 11 is 0. The minimum absolute atomic E-state index is 0. The van der Waals surface area contributed by atoms with Crippen molar-refractivity contribution in [1.82, 2.24) is 0 Å². The second kappa shape index (κ2) is 7.96. The predicted octanol–water partition coefficient (Wildman–Crippen LogP) is 2.57. The molecular weight excluding hydrogens is 271 g/mol. The molecule has 0 aromatic heterocycles. The standard InChI is InChI=1S/C13H19FN2O2.ClH/c1-8(2)18-10-4-5-12(11(14)6-10)16-13(17)9(3)7-15;/h4-6,8-9H,7,15H2,1-3H3,(H,16,17);1H. The summed E-state index contributed by atoms with van der Waals surface area (Å²) in [7, 11) is 0. The average molecular weight is 291 g/mol. The molecule has 0 saturated heterocycles. The molecule has 0 aliphatic carbocycles. The summed E-state index contributed by atoms with van der Waals surface area (Å²) in [6.07, 6.45) is -0.0258. The van der Waals surface area contributed by atoms with Gasteiger partial charge in [0.2, 0.25) is 5.91 Å². The fourth-order valence-electron chi connectivity index (χ4n) is 1.31. The first-order valence-corrected chi connectivity index (χ1v) is 5.91. The Bertz CT molecular complexity index is 427. The van der Waals surface area contributed by atoms with Gasteiger partial charge in [-0.2, -0.15) is 0 Å². The number of nitrogens with two attached hydrogens (primary N) is 1. The lowest BCUT2D eigenvalue weighted by molar-refractivity contribution is -0.119. The van der Waals surface area contributed by atoms with Crippen LogP contribution in [0.5, 0.6) is 5.75 Å². The molecule has 0 saturated carbocycles. The van der Waals surface area contributed by atoms with Gasteiger partial charge < -0.3 is 15.8 Å². The molecule has 1 aromatic rings. The minimum Gasteiger partial charge on any atom is -0.491 e. The van der Waals surface area contributed by atoms with Gasteiger partial charge in [0.1, 0.15) is 11.6 Å².